The summed E-state index contributed by atoms with van der Waals surface area (Å²) < 4.78 is 44.3. The Balaban J connectivity index is 0.00000341. The van der Waals surface area contributed by atoms with E-state index in [9.17, 15) is 13.2 Å². The van der Waals surface area contributed by atoms with Gasteiger partial charge in [0.05, 0.1) is 24.8 Å². The summed E-state index contributed by atoms with van der Waals surface area (Å²) in [6, 6.07) is 5.84. The van der Waals surface area contributed by atoms with Crippen LogP contribution in [0.3, 0.4) is 0 Å². The maximum absolute atomic E-state index is 13.0. The number of halogens is 4. The zero-order chi connectivity index (χ0) is 21.6. The van der Waals surface area contributed by atoms with Crippen molar-refractivity contribution in [2.75, 3.05) is 46.2 Å². The van der Waals surface area contributed by atoms with Gasteiger partial charge in [0, 0.05) is 38.0 Å². The highest BCUT2D eigenvalue weighted by atomic mass is 127. The van der Waals surface area contributed by atoms with Gasteiger partial charge in [0.15, 0.2) is 5.96 Å². The number of morpholine rings is 1. The second-order valence-corrected chi connectivity index (χ2v) is 8.89. The predicted molar refractivity (Wildman–Crippen MR) is 131 cm³/mol. The van der Waals surface area contributed by atoms with E-state index >= 15 is 0 Å². The Labute approximate surface area is 204 Å². The molecule has 3 rings (SSSR count). The molecule has 1 aliphatic heterocycles. The first-order valence-electron chi connectivity index (χ1n) is 10.4. The monoisotopic (exact) mass is 572 g/mol. The van der Waals surface area contributed by atoms with Crippen LogP contribution in [0.25, 0.3) is 0 Å². The summed E-state index contributed by atoms with van der Waals surface area (Å²) in [6.45, 7) is 3.31. The normalized spacial score (nSPS) is 23.8. The third-order valence-corrected chi connectivity index (χ3v) is 6.95. The summed E-state index contributed by atoms with van der Waals surface area (Å²) in [7, 11) is 1.75. The predicted octanol–water partition coefficient (Wildman–Crippen LogP) is 4.15. The zero-order valence-corrected chi connectivity index (χ0v) is 21.1. The Kier molecular flexibility index (Phi) is 10.7. The lowest BCUT2D eigenvalue weighted by Gasteiger charge is -2.35. The van der Waals surface area contributed by atoms with Crippen molar-refractivity contribution in [2.45, 2.75) is 42.8 Å². The number of aliphatic imine (C=N–C) groups is 1. The van der Waals surface area contributed by atoms with Crippen LogP contribution in [0.5, 0.6) is 0 Å². The molecule has 2 N–H and O–H groups in total. The van der Waals surface area contributed by atoms with Crippen molar-refractivity contribution in [1.82, 2.24) is 15.5 Å². The van der Waals surface area contributed by atoms with Crippen LogP contribution in [-0.2, 0) is 10.9 Å². The number of nitrogens with one attached hydrogen (secondary N) is 2. The lowest BCUT2D eigenvalue weighted by Crippen LogP contribution is -2.48. The molecule has 0 amide bonds. The average Bonchev–Trinajstić information content (AvgIpc) is 3.21. The molecule has 1 heterocycles. The van der Waals surface area contributed by atoms with E-state index in [1.807, 2.05) is 11.8 Å². The number of nitrogens with zero attached hydrogens (tertiary/aromatic N) is 2. The second kappa shape index (κ2) is 12.5. The van der Waals surface area contributed by atoms with Crippen LogP contribution in [0.2, 0.25) is 0 Å². The number of thioether (sulfide) groups is 1. The Morgan fingerprint density at radius 2 is 1.90 bits per heavy atom. The van der Waals surface area contributed by atoms with Crippen molar-refractivity contribution >= 4 is 41.7 Å². The fraction of sp³-hybridized carbons (Fsp3) is 0.667. The van der Waals surface area contributed by atoms with Gasteiger partial charge in [-0.05, 0) is 43.2 Å². The van der Waals surface area contributed by atoms with Gasteiger partial charge in [-0.2, -0.15) is 24.9 Å². The number of benzene rings is 1. The van der Waals surface area contributed by atoms with E-state index in [2.05, 4.69) is 26.8 Å². The molecule has 0 bridgehead atoms. The first-order chi connectivity index (χ1) is 14.4. The SMILES string of the molecule is CN=C(NCC(c1ccc(C(F)(F)F)cc1)N1CCOCC1)NC1CCC(SC)C1.I. The van der Waals surface area contributed by atoms with Gasteiger partial charge in [-0.1, -0.05) is 12.1 Å². The van der Waals surface area contributed by atoms with Gasteiger partial charge in [-0.25, -0.2) is 0 Å². The number of hydrogen-bond donors (Lipinski definition) is 2. The number of guanidine groups is 1. The van der Waals surface area contributed by atoms with E-state index in [0.29, 0.717) is 31.1 Å². The first kappa shape index (κ1) is 26.5. The molecule has 176 valence electrons. The molecule has 10 heteroatoms. The molecule has 3 unspecified atom stereocenters. The summed E-state index contributed by atoms with van der Waals surface area (Å²) in [5.74, 6) is 0.743. The van der Waals surface area contributed by atoms with E-state index in [-0.39, 0.29) is 30.0 Å². The molecule has 1 aliphatic carbocycles. The fourth-order valence-electron chi connectivity index (χ4n) is 4.11. The quantitative estimate of drug-likeness (QED) is 0.305. The highest BCUT2D eigenvalue weighted by Gasteiger charge is 2.31. The van der Waals surface area contributed by atoms with Crippen LogP contribution < -0.4 is 10.6 Å². The number of ether oxygens (including phenoxy) is 1. The molecule has 2 fully saturated rings. The topological polar surface area (TPSA) is 48.9 Å². The summed E-state index contributed by atoms with van der Waals surface area (Å²) in [5.41, 5.74) is 0.234. The molecule has 0 spiro atoms. The zero-order valence-electron chi connectivity index (χ0n) is 18.0. The summed E-state index contributed by atoms with van der Waals surface area (Å²) >= 11 is 1.91. The van der Waals surface area contributed by atoms with Crippen LogP contribution in [-0.4, -0.2) is 68.3 Å². The van der Waals surface area contributed by atoms with Crippen molar-refractivity contribution in [3.8, 4) is 0 Å². The standard InChI is InChI=1S/C21H31F3N4OS.HI/c1-25-20(27-17-7-8-18(13-17)30-2)26-14-19(28-9-11-29-12-10-28)15-3-5-16(6-4-15)21(22,23)24;/h3-6,17-19H,7-14H2,1-2H3,(H2,25,26,27);1H. The molecule has 0 aromatic heterocycles. The van der Waals surface area contributed by atoms with E-state index in [0.717, 1.165) is 49.6 Å². The first-order valence-corrected chi connectivity index (χ1v) is 11.7. The lowest BCUT2D eigenvalue weighted by molar-refractivity contribution is -0.137. The molecule has 0 radical (unpaired) electrons. The summed E-state index contributed by atoms with van der Waals surface area (Å²) in [6.07, 6.45) is 1.27. The average molecular weight is 572 g/mol. The van der Waals surface area contributed by atoms with Crippen molar-refractivity contribution < 1.29 is 17.9 Å². The maximum Gasteiger partial charge on any atom is 0.416 e. The molecule has 1 saturated heterocycles. The highest BCUT2D eigenvalue weighted by Crippen LogP contribution is 2.31. The minimum absolute atomic E-state index is 0. The maximum atomic E-state index is 13.0. The van der Waals surface area contributed by atoms with Crippen LogP contribution >= 0.6 is 35.7 Å². The second-order valence-electron chi connectivity index (χ2n) is 7.75. The van der Waals surface area contributed by atoms with Crippen LogP contribution in [0.1, 0.15) is 36.4 Å². The van der Waals surface area contributed by atoms with Gasteiger partial charge in [0.25, 0.3) is 0 Å². The van der Waals surface area contributed by atoms with Crippen LogP contribution in [0, 0.1) is 0 Å². The summed E-state index contributed by atoms with van der Waals surface area (Å²) in [4.78, 5) is 6.61. The summed E-state index contributed by atoms with van der Waals surface area (Å²) in [5, 5.41) is 7.59. The molecule has 1 saturated carbocycles. The van der Waals surface area contributed by atoms with E-state index in [4.69, 9.17) is 4.74 Å². The third-order valence-electron chi connectivity index (χ3n) is 5.85. The van der Waals surface area contributed by atoms with Crippen molar-refractivity contribution in [3.05, 3.63) is 35.4 Å². The minimum atomic E-state index is -4.33. The molecular formula is C21H32F3IN4OS. The van der Waals surface area contributed by atoms with Gasteiger partial charge in [0.1, 0.15) is 0 Å². The van der Waals surface area contributed by atoms with Crippen molar-refractivity contribution in [2.24, 2.45) is 4.99 Å². The smallest absolute Gasteiger partial charge is 0.379 e. The molecule has 31 heavy (non-hydrogen) atoms. The molecule has 2 aliphatic rings. The Hall–Kier alpha value is -0.720. The van der Waals surface area contributed by atoms with Gasteiger partial charge >= 0.3 is 6.18 Å². The number of hydrogen-bond acceptors (Lipinski definition) is 4. The minimum Gasteiger partial charge on any atom is -0.379 e. The van der Waals surface area contributed by atoms with Gasteiger partial charge < -0.3 is 15.4 Å². The van der Waals surface area contributed by atoms with E-state index in [1.54, 1.807) is 19.2 Å². The lowest BCUT2D eigenvalue weighted by atomic mass is 10.0. The highest BCUT2D eigenvalue weighted by molar-refractivity contribution is 14.0. The van der Waals surface area contributed by atoms with E-state index in [1.165, 1.54) is 6.42 Å². The fourth-order valence-corrected chi connectivity index (χ4v) is 4.90. The third kappa shape index (κ3) is 7.68. The molecule has 3 atom stereocenters. The van der Waals surface area contributed by atoms with Crippen molar-refractivity contribution in [3.63, 3.8) is 0 Å². The Bertz CT molecular complexity index is 699. The molecular weight excluding hydrogens is 540 g/mol. The largest absolute Gasteiger partial charge is 0.416 e. The van der Waals surface area contributed by atoms with E-state index < -0.39 is 11.7 Å². The van der Waals surface area contributed by atoms with Gasteiger partial charge in [0.2, 0.25) is 0 Å². The molecule has 5 nitrogen and oxygen atoms in total. The molecule has 1 aromatic carbocycles. The Morgan fingerprint density at radius 1 is 1.23 bits per heavy atom. The van der Waals surface area contributed by atoms with Crippen LogP contribution in [0.15, 0.2) is 29.3 Å². The molecule has 1 aromatic rings. The van der Waals surface area contributed by atoms with Gasteiger partial charge in [-0.3, -0.25) is 9.89 Å². The van der Waals surface area contributed by atoms with Gasteiger partial charge in [-0.15, -0.1) is 24.0 Å². The Morgan fingerprint density at radius 3 is 2.45 bits per heavy atom. The number of alkyl halides is 3. The van der Waals surface area contributed by atoms with Crippen molar-refractivity contribution in [1.29, 1.82) is 0 Å². The van der Waals surface area contributed by atoms with Crippen LogP contribution in [0.4, 0.5) is 13.2 Å². The number of rotatable bonds is 6.